The van der Waals surface area contributed by atoms with Crippen LogP contribution in [-0.4, -0.2) is 46.7 Å². The Balaban J connectivity index is 1.41. The normalized spacial score (nSPS) is 15.9. The molecule has 6 nitrogen and oxygen atoms in total. The van der Waals surface area contributed by atoms with Gasteiger partial charge in [0.15, 0.2) is 0 Å². The van der Waals surface area contributed by atoms with Crippen molar-refractivity contribution in [2.45, 2.75) is 25.5 Å². The summed E-state index contributed by atoms with van der Waals surface area (Å²) in [7, 11) is 0. The Labute approximate surface area is 129 Å². The Bertz CT molecular complexity index is 636. The first kappa shape index (κ1) is 15.0. The number of amides is 1. The van der Waals surface area contributed by atoms with Crippen molar-refractivity contribution in [3.05, 3.63) is 30.5 Å². The summed E-state index contributed by atoms with van der Waals surface area (Å²) in [4.78, 5) is 11.9. The number of nitrogens with one attached hydrogen (secondary N) is 1. The molecule has 0 spiro atoms. The van der Waals surface area contributed by atoms with Crippen LogP contribution in [0, 0.1) is 5.92 Å². The van der Waals surface area contributed by atoms with Gasteiger partial charge in [0.1, 0.15) is 6.54 Å². The van der Waals surface area contributed by atoms with Crippen LogP contribution < -0.4 is 5.32 Å². The SMILES string of the molecule is O=C(Cn1ncc2ccccc21)NCC(O)COCC1CC1. The van der Waals surface area contributed by atoms with E-state index in [4.69, 9.17) is 4.74 Å². The first-order valence-electron chi connectivity index (χ1n) is 7.65. The number of nitrogens with zero attached hydrogens (tertiary/aromatic N) is 2. The molecule has 1 saturated carbocycles. The van der Waals surface area contributed by atoms with Gasteiger partial charge in [-0.25, -0.2) is 0 Å². The molecule has 0 aliphatic heterocycles. The van der Waals surface area contributed by atoms with Crippen molar-refractivity contribution in [2.75, 3.05) is 19.8 Å². The number of aliphatic hydroxyl groups excluding tert-OH is 1. The zero-order valence-corrected chi connectivity index (χ0v) is 12.4. The number of hydrogen-bond acceptors (Lipinski definition) is 4. The molecule has 118 valence electrons. The topological polar surface area (TPSA) is 76.4 Å². The number of rotatable bonds is 8. The van der Waals surface area contributed by atoms with Gasteiger partial charge in [0.25, 0.3) is 0 Å². The van der Waals surface area contributed by atoms with Crippen molar-refractivity contribution in [1.29, 1.82) is 0 Å². The van der Waals surface area contributed by atoms with Crippen LogP contribution in [0.25, 0.3) is 10.9 Å². The largest absolute Gasteiger partial charge is 0.389 e. The molecule has 1 aliphatic carbocycles. The monoisotopic (exact) mass is 303 g/mol. The third-order valence-electron chi connectivity index (χ3n) is 3.74. The Kier molecular flexibility index (Phi) is 4.70. The highest BCUT2D eigenvalue weighted by molar-refractivity contribution is 5.81. The van der Waals surface area contributed by atoms with Gasteiger partial charge in [0, 0.05) is 18.5 Å². The summed E-state index contributed by atoms with van der Waals surface area (Å²) < 4.78 is 7.05. The number of para-hydroxylation sites is 1. The molecule has 0 saturated heterocycles. The second kappa shape index (κ2) is 6.89. The first-order valence-corrected chi connectivity index (χ1v) is 7.65. The summed E-state index contributed by atoms with van der Waals surface area (Å²) in [5.41, 5.74) is 0.922. The molecule has 1 aromatic carbocycles. The Morgan fingerprint density at radius 2 is 2.27 bits per heavy atom. The minimum absolute atomic E-state index is 0.142. The maximum Gasteiger partial charge on any atom is 0.241 e. The minimum Gasteiger partial charge on any atom is -0.389 e. The third kappa shape index (κ3) is 4.05. The van der Waals surface area contributed by atoms with Crippen LogP contribution in [0.1, 0.15) is 12.8 Å². The number of aromatic nitrogens is 2. The van der Waals surface area contributed by atoms with Crippen molar-refractivity contribution in [3.8, 4) is 0 Å². The van der Waals surface area contributed by atoms with Gasteiger partial charge in [0.2, 0.25) is 5.91 Å². The van der Waals surface area contributed by atoms with Crippen LogP contribution in [-0.2, 0) is 16.1 Å². The number of carbonyl (C=O) groups excluding carboxylic acids is 1. The van der Waals surface area contributed by atoms with Crippen LogP contribution in [0.5, 0.6) is 0 Å². The van der Waals surface area contributed by atoms with Gasteiger partial charge in [-0.2, -0.15) is 5.10 Å². The molecule has 0 bridgehead atoms. The van der Waals surface area contributed by atoms with Gasteiger partial charge in [-0.1, -0.05) is 18.2 Å². The van der Waals surface area contributed by atoms with Crippen molar-refractivity contribution in [3.63, 3.8) is 0 Å². The molecule has 0 radical (unpaired) electrons. The highest BCUT2D eigenvalue weighted by atomic mass is 16.5. The summed E-state index contributed by atoms with van der Waals surface area (Å²) in [6.07, 6.45) is 3.52. The van der Waals surface area contributed by atoms with E-state index in [1.807, 2.05) is 24.3 Å². The summed E-state index contributed by atoms with van der Waals surface area (Å²) in [6, 6.07) is 7.74. The molecule has 1 aromatic heterocycles. The fourth-order valence-corrected chi connectivity index (χ4v) is 2.29. The van der Waals surface area contributed by atoms with Gasteiger partial charge in [-0.3, -0.25) is 9.48 Å². The van der Waals surface area contributed by atoms with Crippen molar-refractivity contribution in [2.24, 2.45) is 5.92 Å². The van der Waals surface area contributed by atoms with E-state index in [1.165, 1.54) is 12.8 Å². The van der Waals surface area contributed by atoms with Crippen LogP contribution in [0.3, 0.4) is 0 Å². The third-order valence-corrected chi connectivity index (χ3v) is 3.74. The minimum atomic E-state index is -0.669. The molecular formula is C16H21N3O3. The number of fused-ring (bicyclic) bond motifs is 1. The van der Waals surface area contributed by atoms with Crippen LogP contribution >= 0.6 is 0 Å². The lowest BCUT2D eigenvalue weighted by molar-refractivity contribution is -0.122. The van der Waals surface area contributed by atoms with E-state index in [1.54, 1.807) is 10.9 Å². The molecule has 2 N–H and O–H groups in total. The summed E-state index contributed by atoms with van der Waals surface area (Å²) in [5.74, 6) is 0.505. The molecule has 1 heterocycles. The van der Waals surface area contributed by atoms with Gasteiger partial charge in [-0.05, 0) is 24.8 Å². The van der Waals surface area contributed by atoms with E-state index >= 15 is 0 Å². The second-order valence-corrected chi connectivity index (χ2v) is 5.80. The lowest BCUT2D eigenvalue weighted by Crippen LogP contribution is -2.36. The average molecular weight is 303 g/mol. The molecule has 1 unspecified atom stereocenters. The summed E-state index contributed by atoms with van der Waals surface area (Å²) in [5, 5.41) is 17.7. The van der Waals surface area contributed by atoms with E-state index in [0.29, 0.717) is 12.5 Å². The summed E-state index contributed by atoms with van der Waals surface area (Å²) in [6.45, 7) is 1.32. The molecule has 2 aromatic rings. The fraction of sp³-hybridized carbons (Fsp3) is 0.500. The Morgan fingerprint density at radius 1 is 1.45 bits per heavy atom. The smallest absolute Gasteiger partial charge is 0.241 e. The number of hydrogen-bond donors (Lipinski definition) is 2. The van der Waals surface area contributed by atoms with E-state index in [0.717, 1.165) is 10.9 Å². The number of benzene rings is 1. The zero-order valence-electron chi connectivity index (χ0n) is 12.4. The molecule has 1 atom stereocenters. The van der Waals surface area contributed by atoms with Crippen LogP contribution in [0.15, 0.2) is 30.5 Å². The molecule has 1 aliphatic rings. The molecule has 3 rings (SSSR count). The maximum absolute atomic E-state index is 11.9. The molecule has 22 heavy (non-hydrogen) atoms. The van der Waals surface area contributed by atoms with Crippen molar-refractivity contribution < 1.29 is 14.6 Å². The van der Waals surface area contributed by atoms with Crippen LogP contribution in [0.4, 0.5) is 0 Å². The number of aliphatic hydroxyl groups is 1. The lowest BCUT2D eigenvalue weighted by atomic mass is 10.2. The Hall–Kier alpha value is -1.92. The van der Waals surface area contributed by atoms with Gasteiger partial charge in [-0.15, -0.1) is 0 Å². The molecular weight excluding hydrogens is 282 g/mol. The first-order chi connectivity index (χ1) is 10.7. The maximum atomic E-state index is 11.9. The molecule has 1 fully saturated rings. The predicted octanol–water partition coefficient (Wildman–Crippen LogP) is 0.940. The molecule has 6 heteroatoms. The quantitative estimate of drug-likeness (QED) is 0.761. The fourth-order valence-electron chi connectivity index (χ4n) is 2.29. The van der Waals surface area contributed by atoms with Crippen molar-refractivity contribution in [1.82, 2.24) is 15.1 Å². The zero-order chi connectivity index (χ0) is 15.4. The highest BCUT2D eigenvalue weighted by Crippen LogP contribution is 2.28. The average Bonchev–Trinajstić information content (AvgIpc) is 3.26. The van der Waals surface area contributed by atoms with E-state index < -0.39 is 6.10 Å². The van der Waals surface area contributed by atoms with E-state index in [2.05, 4.69) is 10.4 Å². The predicted molar refractivity (Wildman–Crippen MR) is 82.3 cm³/mol. The standard InChI is InChI=1S/C16H21N3O3/c20-14(11-22-10-12-5-6-12)8-17-16(21)9-19-15-4-2-1-3-13(15)7-18-19/h1-4,7,12,14,20H,5-6,8-11H2,(H,17,21). The van der Waals surface area contributed by atoms with E-state index in [-0.39, 0.29) is 25.6 Å². The number of ether oxygens (including phenoxy) is 1. The molecule has 1 amide bonds. The second-order valence-electron chi connectivity index (χ2n) is 5.80. The van der Waals surface area contributed by atoms with Crippen LogP contribution in [0.2, 0.25) is 0 Å². The Morgan fingerprint density at radius 3 is 3.09 bits per heavy atom. The number of carbonyl (C=O) groups is 1. The van der Waals surface area contributed by atoms with Gasteiger partial charge < -0.3 is 15.2 Å². The van der Waals surface area contributed by atoms with Gasteiger partial charge in [0.05, 0.1) is 24.4 Å². The summed E-state index contributed by atoms with van der Waals surface area (Å²) >= 11 is 0. The van der Waals surface area contributed by atoms with Crippen molar-refractivity contribution >= 4 is 16.8 Å². The van der Waals surface area contributed by atoms with Gasteiger partial charge >= 0.3 is 0 Å². The highest BCUT2D eigenvalue weighted by Gasteiger charge is 2.21. The lowest BCUT2D eigenvalue weighted by Gasteiger charge is -2.12. The van der Waals surface area contributed by atoms with E-state index in [9.17, 15) is 9.90 Å².